The molecule has 1 aliphatic rings. The quantitative estimate of drug-likeness (QED) is 0.840. The molecule has 3 N–H and O–H groups in total. The fourth-order valence-corrected chi connectivity index (χ4v) is 4.67. The number of benzene rings is 2. The molecule has 1 atom stereocenters. The van der Waals surface area contributed by atoms with Gasteiger partial charge in [0.1, 0.15) is 0 Å². The van der Waals surface area contributed by atoms with Crippen molar-refractivity contribution < 1.29 is 13.5 Å². The molecule has 0 radical (unpaired) electrons. The first-order valence-corrected chi connectivity index (χ1v) is 9.05. The number of nitrogen functional groups attached to an aromatic ring is 1. The van der Waals surface area contributed by atoms with Gasteiger partial charge in [-0.3, -0.25) is 0 Å². The van der Waals surface area contributed by atoms with E-state index < -0.39 is 10.0 Å². The summed E-state index contributed by atoms with van der Waals surface area (Å²) in [5.41, 5.74) is 8.31. The number of aliphatic hydroxyl groups is 1. The summed E-state index contributed by atoms with van der Waals surface area (Å²) >= 11 is 0. The lowest BCUT2D eigenvalue weighted by molar-refractivity contribution is 0.213. The van der Waals surface area contributed by atoms with E-state index in [2.05, 4.69) is 0 Å². The van der Waals surface area contributed by atoms with Gasteiger partial charge < -0.3 is 10.8 Å². The summed E-state index contributed by atoms with van der Waals surface area (Å²) in [5, 5.41) is 9.35. The molecule has 1 heterocycles. The van der Waals surface area contributed by atoms with Crippen molar-refractivity contribution in [1.82, 2.24) is 4.31 Å². The maximum absolute atomic E-state index is 12.7. The van der Waals surface area contributed by atoms with E-state index in [9.17, 15) is 13.5 Å². The van der Waals surface area contributed by atoms with Gasteiger partial charge in [-0.15, -0.1) is 0 Å². The van der Waals surface area contributed by atoms with Crippen LogP contribution in [0, 0.1) is 0 Å². The molecule has 122 valence electrons. The maximum atomic E-state index is 12.7. The summed E-state index contributed by atoms with van der Waals surface area (Å²) in [6.45, 7) is 0.325. The summed E-state index contributed by atoms with van der Waals surface area (Å²) in [4.78, 5) is 0.255. The fraction of sp³-hybridized carbons (Fsp3) is 0.294. The van der Waals surface area contributed by atoms with E-state index in [0.29, 0.717) is 18.7 Å². The Bertz CT molecular complexity index is 788. The Morgan fingerprint density at radius 1 is 1.13 bits per heavy atom. The van der Waals surface area contributed by atoms with Crippen LogP contribution in [0.4, 0.5) is 5.69 Å². The van der Waals surface area contributed by atoms with E-state index in [4.69, 9.17) is 5.73 Å². The van der Waals surface area contributed by atoms with Gasteiger partial charge in [0.2, 0.25) is 10.0 Å². The molecule has 0 amide bonds. The van der Waals surface area contributed by atoms with Crippen LogP contribution in [-0.4, -0.2) is 37.0 Å². The fourth-order valence-electron chi connectivity index (χ4n) is 2.98. The number of hydrogen-bond donors (Lipinski definition) is 2. The molecule has 1 fully saturated rings. The van der Waals surface area contributed by atoms with Crippen LogP contribution < -0.4 is 5.73 Å². The van der Waals surface area contributed by atoms with Crippen LogP contribution in [0.1, 0.15) is 12.8 Å². The standard InChI is InChI=1S/C17H20N2O3S/c18-15-4-1-3-14(11-15)13-6-8-17(9-7-13)23(21,22)19-10-2-5-16(19)12-20/h1,3-4,6-9,11,16,20H,2,5,10,12,18H2/t16-/m1/s1. The summed E-state index contributed by atoms with van der Waals surface area (Å²) in [5.74, 6) is 0. The molecule has 0 aliphatic carbocycles. The minimum Gasteiger partial charge on any atom is -0.399 e. The van der Waals surface area contributed by atoms with Gasteiger partial charge >= 0.3 is 0 Å². The highest BCUT2D eigenvalue weighted by atomic mass is 32.2. The number of hydrogen-bond acceptors (Lipinski definition) is 4. The zero-order valence-electron chi connectivity index (χ0n) is 12.7. The Morgan fingerprint density at radius 2 is 1.87 bits per heavy atom. The molecule has 6 heteroatoms. The first kappa shape index (κ1) is 16.0. The van der Waals surface area contributed by atoms with Crippen molar-refractivity contribution in [3.63, 3.8) is 0 Å². The Labute approximate surface area is 136 Å². The third-order valence-corrected chi connectivity index (χ3v) is 6.18. The first-order valence-electron chi connectivity index (χ1n) is 7.61. The van der Waals surface area contributed by atoms with Crippen molar-refractivity contribution in [2.24, 2.45) is 0 Å². The zero-order chi connectivity index (χ0) is 16.4. The lowest BCUT2D eigenvalue weighted by atomic mass is 10.1. The highest BCUT2D eigenvalue weighted by Crippen LogP contribution is 2.28. The number of anilines is 1. The lowest BCUT2D eigenvalue weighted by Crippen LogP contribution is -2.37. The highest BCUT2D eigenvalue weighted by molar-refractivity contribution is 7.89. The van der Waals surface area contributed by atoms with Crippen LogP contribution in [-0.2, 0) is 10.0 Å². The van der Waals surface area contributed by atoms with E-state index in [-0.39, 0.29) is 17.5 Å². The average molecular weight is 332 g/mol. The molecule has 1 saturated heterocycles. The van der Waals surface area contributed by atoms with Gasteiger partial charge in [0, 0.05) is 18.3 Å². The Kier molecular flexibility index (Phi) is 4.39. The highest BCUT2D eigenvalue weighted by Gasteiger charge is 2.34. The van der Waals surface area contributed by atoms with Crippen LogP contribution >= 0.6 is 0 Å². The molecule has 0 aromatic heterocycles. The second-order valence-corrected chi connectivity index (χ2v) is 7.63. The zero-order valence-corrected chi connectivity index (χ0v) is 13.5. The lowest BCUT2D eigenvalue weighted by Gasteiger charge is -2.22. The van der Waals surface area contributed by atoms with Gasteiger partial charge in [-0.2, -0.15) is 4.31 Å². The third-order valence-electron chi connectivity index (χ3n) is 4.21. The van der Waals surface area contributed by atoms with Gasteiger partial charge in [0.25, 0.3) is 0 Å². The van der Waals surface area contributed by atoms with Gasteiger partial charge in [-0.1, -0.05) is 24.3 Å². The smallest absolute Gasteiger partial charge is 0.243 e. The SMILES string of the molecule is Nc1cccc(-c2ccc(S(=O)(=O)N3CCC[C@@H]3CO)cc2)c1. The van der Waals surface area contributed by atoms with E-state index in [1.165, 1.54) is 4.31 Å². The Balaban J connectivity index is 1.90. The minimum absolute atomic E-state index is 0.138. The molecular formula is C17H20N2O3S. The summed E-state index contributed by atoms with van der Waals surface area (Å²) in [6, 6.07) is 13.9. The number of nitrogens with two attached hydrogens (primary N) is 1. The predicted molar refractivity (Wildman–Crippen MR) is 90.3 cm³/mol. The average Bonchev–Trinajstić information content (AvgIpc) is 3.04. The normalized spacial score (nSPS) is 19.1. The predicted octanol–water partition coefficient (Wildman–Crippen LogP) is 2.08. The van der Waals surface area contributed by atoms with Crippen molar-refractivity contribution in [2.45, 2.75) is 23.8 Å². The van der Waals surface area contributed by atoms with Crippen LogP contribution in [0.5, 0.6) is 0 Å². The number of rotatable bonds is 4. The maximum Gasteiger partial charge on any atom is 0.243 e. The van der Waals surface area contributed by atoms with E-state index in [0.717, 1.165) is 17.5 Å². The van der Waals surface area contributed by atoms with Crippen LogP contribution in [0.15, 0.2) is 53.4 Å². The molecule has 1 aliphatic heterocycles. The molecule has 3 rings (SSSR count). The third kappa shape index (κ3) is 3.10. The number of sulfonamides is 1. The van der Waals surface area contributed by atoms with Gasteiger partial charge in [0.05, 0.1) is 11.5 Å². The van der Waals surface area contributed by atoms with E-state index >= 15 is 0 Å². The van der Waals surface area contributed by atoms with E-state index in [1.54, 1.807) is 24.3 Å². The van der Waals surface area contributed by atoms with Crippen molar-refractivity contribution in [1.29, 1.82) is 0 Å². The number of aliphatic hydroxyl groups excluding tert-OH is 1. The minimum atomic E-state index is -3.56. The largest absolute Gasteiger partial charge is 0.399 e. The molecule has 0 bridgehead atoms. The molecule has 0 spiro atoms. The molecule has 0 unspecified atom stereocenters. The monoisotopic (exact) mass is 332 g/mol. The molecule has 2 aromatic carbocycles. The molecule has 23 heavy (non-hydrogen) atoms. The Morgan fingerprint density at radius 3 is 2.52 bits per heavy atom. The summed E-state index contributed by atoms with van der Waals surface area (Å²) < 4.78 is 26.8. The second kappa shape index (κ2) is 6.31. The molecule has 2 aromatic rings. The van der Waals surface area contributed by atoms with Crippen LogP contribution in [0.2, 0.25) is 0 Å². The van der Waals surface area contributed by atoms with Crippen molar-refractivity contribution in [3.8, 4) is 11.1 Å². The second-order valence-electron chi connectivity index (χ2n) is 5.74. The molecular weight excluding hydrogens is 312 g/mol. The molecule has 0 saturated carbocycles. The van der Waals surface area contributed by atoms with Crippen molar-refractivity contribution >= 4 is 15.7 Å². The first-order chi connectivity index (χ1) is 11.0. The van der Waals surface area contributed by atoms with Gasteiger partial charge in [-0.25, -0.2) is 8.42 Å². The van der Waals surface area contributed by atoms with Crippen molar-refractivity contribution in [2.75, 3.05) is 18.9 Å². The van der Waals surface area contributed by atoms with Crippen LogP contribution in [0.3, 0.4) is 0 Å². The van der Waals surface area contributed by atoms with Gasteiger partial charge in [0.15, 0.2) is 0 Å². The molecule has 5 nitrogen and oxygen atoms in total. The van der Waals surface area contributed by atoms with Crippen LogP contribution in [0.25, 0.3) is 11.1 Å². The summed E-state index contributed by atoms with van der Waals surface area (Å²) in [6.07, 6.45) is 1.49. The number of nitrogens with zero attached hydrogens (tertiary/aromatic N) is 1. The van der Waals surface area contributed by atoms with Gasteiger partial charge in [-0.05, 0) is 48.2 Å². The Hall–Kier alpha value is -1.89. The topological polar surface area (TPSA) is 83.6 Å². The van der Waals surface area contributed by atoms with Crippen molar-refractivity contribution in [3.05, 3.63) is 48.5 Å². The van der Waals surface area contributed by atoms with E-state index in [1.807, 2.05) is 24.3 Å². The summed E-state index contributed by atoms with van der Waals surface area (Å²) in [7, 11) is -3.56.